The molecule has 0 saturated heterocycles. The number of ether oxygens (including phenoxy) is 2. The molecule has 7 nitrogen and oxygen atoms in total. The van der Waals surface area contributed by atoms with E-state index in [0.717, 1.165) is 48.4 Å². The summed E-state index contributed by atoms with van der Waals surface area (Å²) in [7, 11) is 1.64. The normalized spacial score (nSPS) is 20.7. The number of amides is 1. The highest BCUT2D eigenvalue weighted by Gasteiger charge is 2.30. The van der Waals surface area contributed by atoms with Gasteiger partial charge in [0.1, 0.15) is 18.9 Å². The van der Waals surface area contributed by atoms with Crippen LogP contribution in [0.2, 0.25) is 0 Å². The molecule has 1 amide bonds. The van der Waals surface area contributed by atoms with E-state index in [4.69, 9.17) is 14.6 Å². The van der Waals surface area contributed by atoms with Gasteiger partial charge in [-0.25, -0.2) is 4.79 Å². The third-order valence-corrected chi connectivity index (χ3v) is 6.62. The van der Waals surface area contributed by atoms with Crippen LogP contribution in [-0.4, -0.2) is 55.3 Å². The van der Waals surface area contributed by atoms with Gasteiger partial charge in [0.05, 0.1) is 19.4 Å². The minimum Gasteiger partial charge on any atom is -0.497 e. The van der Waals surface area contributed by atoms with Gasteiger partial charge in [-0.2, -0.15) is 0 Å². The first kappa shape index (κ1) is 23.8. The van der Waals surface area contributed by atoms with Gasteiger partial charge in [0.25, 0.3) is 0 Å². The SMILES string of the molecule is COc1cccc(N2CC(=O)N(CC3CCC(COCC(=O)O)CC3)C=C2c2ccccc2)c1. The molecule has 1 fully saturated rings. The number of carboxylic acid groups (broad SMARTS) is 1. The van der Waals surface area contributed by atoms with Crippen molar-refractivity contribution in [2.24, 2.45) is 11.8 Å². The molecule has 0 spiro atoms. The highest BCUT2D eigenvalue weighted by Crippen LogP contribution is 2.34. The van der Waals surface area contributed by atoms with Crippen LogP contribution >= 0.6 is 0 Å². The van der Waals surface area contributed by atoms with Gasteiger partial charge in [-0.3, -0.25) is 4.79 Å². The molecule has 1 N–H and O–H groups in total. The van der Waals surface area contributed by atoms with Crippen molar-refractivity contribution in [3.05, 3.63) is 66.4 Å². The molecule has 1 aliphatic heterocycles. The lowest BCUT2D eigenvalue weighted by Crippen LogP contribution is -2.44. The number of carbonyl (C=O) groups excluding carboxylic acids is 1. The Morgan fingerprint density at radius 3 is 2.47 bits per heavy atom. The summed E-state index contributed by atoms with van der Waals surface area (Å²) in [5.41, 5.74) is 2.97. The lowest BCUT2D eigenvalue weighted by atomic mass is 9.82. The van der Waals surface area contributed by atoms with Gasteiger partial charge >= 0.3 is 5.97 Å². The lowest BCUT2D eigenvalue weighted by Gasteiger charge is -2.38. The Balaban J connectivity index is 1.47. The van der Waals surface area contributed by atoms with Gasteiger partial charge in [-0.05, 0) is 55.2 Å². The van der Waals surface area contributed by atoms with Crippen molar-refractivity contribution in [1.82, 2.24) is 4.90 Å². The number of hydrogen-bond donors (Lipinski definition) is 1. The number of carbonyl (C=O) groups is 2. The molecule has 4 rings (SSSR count). The summed E-state index contributed by atoms with van der Waals surface area (Å²) in [5, 5.41) is 8.74. The Kier molecular flexibility index (Phi) is 7.85. The van der Waals surface area contributed by atoms with Gasteiger partial charge in [-0.15, -0.1) is 0 Å². The van der Waals surface area contributed by atoms with Crippen LogP contribution in [0.1, 0.15) is 31.2 Å². The molecule has 0 bridgehead atoms. The Hall–Kier alpha value is -3.32. The topological polar surface area (TPSA) is 79.3 Å². The van der Waals surface area contributed by atoms with Crippen molar-refractivity contribution in [1.29, 1.82) is 0 Å². The van der Waals surface area contributed by atoms with Crippen LogP contribution in [0, 0.1) is 11.8 Å². The van der Waals surface area contributed by atoms with E-state index < -0.39 is 5.97 Å². The van der Waals surface area contributed by atoms with Crippen LogP contribution in [0.5, 0.6) is 5.75 Å². The summed E-state index contributed by atoms with van der Waals surface area (Å²) in [5.74, 6) is 0.725. The van der Waals surface area contributed by atoms with E-state index in [1.807, 2.05) is 58.5 Å². The number of nitrogens with zero attached hydrogens (tertiary/aromatic N) is 2. The highest BCUT2D eigenvalue weighted by molar-refractivity contribution is 5.94. The van der Waals surface area contributed by atoms with E-state index in [1.54, 1.807) is 7.11 Å². The highest BCUT2D eigenvalue weighted by atomic mass is 16.5. The summed E-state index contributed by atoms with van der Waals surface area (Å²) < 4.78 is 10.7. The Morgan fingerprint density at radius 2 is 1.76 bits per heavy atom. The van der Waals surface area contributed by atoms with Crippen molar-refractivity contribution in [3.63, 3.8) is 0 Å². The average molecular weight is 465 g/mol. The molecule has 0 radical (unpaired) electrons. The fourth-order valence-corrected chi connectivity index (χ4v) is 4.77. The molecular weight excluding hydrogens is 432 g/mol. The minimum absolute atomic E-state index is 0.0782. The predicted octanol–water partition coefficient (Wildman–Crippen LogP) is 4.25. The molecule has 0 aromatic heterocycles. The molecule has 1 saturated carbocycles. The maximum atomic E-state index is 13.2. The Labute approximate surface area is 200 Å². The minimum atomic E-state index is -0.929. The second-order valence-corrected chi connectivity index (χ2v) is 9.01. The zero-order valence-electron chi connectivity index (χ0n) is 19.6. The van der Waals surface area contributed by atoms with Gasteiger partial charge in [0.15, 0.2) is 0 Å². The van der Waals surface area contributed by atoms with Crippen LogP contribution in [0.4, 0.5) is 5.69 Å². The fraction of sp³-hybridized carbons (Fsp3) is 0.407. The zero-order chi connectivity index (χ0) is 23.9. The molecule has 2 aromatic rings. The average Bonchev–Trinajstić information content (AvgIpc) is 2.86. The van der Waals surface area contributed by atoms with E-state index in [-0.39, 0.29) is 19.1 Å². The molecule has 1 heterocycles. The molecule has 7 heteroatoms. The predicted molar refractivity (Wildman–Crippen MR) is 130 cm³/mol. The molecule has 180 valence electrons. The van der Waals surface area contributed by atoms with Crippen LogP contribution in [-0.2, 0) is 14.3 Å². The number of carboxylic acids is 1. The Morgan fingerprint density at radius 1 is 1.03 bits per heavy atom. The lowest BCUT2D eigenvalue weighted by molar-refractivity contribution is -0.142. The monoisotopic (exact) mass is 464 g/mol. The second kappa shape index (κ2) is 11.2. The Bertz CT molecular complexity index is 1010. The summed E-state index contributed by atoms with van der Waals surface area (Å²) in [6, 6.07) is 17.9. The summed E-state index contributed by atoms with van der Waals surface area (Å²) in [4.78, 5) is 27.8. The molecule has 2 aromatic carbocycles. The summed E-state index contributed by atoms with van der Waals surface area (Å²) >= 11 is 0. The van der Waals surface area contributed by atoms with Crippen molar-refractivity contribution in [3.8, 4) is 5.75 Å². The largest absolute Gasteiger partial charge is 0.497 e. The van der Waals surface area contributed by atoms with E-state index in [0.29, 0.717) is 25.0 Å². The van der Waals surface area contributed by atoms with Gasteiger partial charge in [0.2, 0.25) is 5.91 Å². The zero-order valence-corrected chi connectivity index (χ0v) is 19.6. The molecule has 2 aliphatic rings. The second-order valence-electron chi connectivity index (χ2n) is 9.01. The number of benzene rings is 2. The van der Waals surface area contributed by atoms with E-state index >= 15 is 0 Å². The number of methoxy groups -OCH3 is 1. The third-order valence-electron chi connectivity index (χ3n) is 6.62. The summed E-state index contributed by atoms with van der Waals surface area (Å²) in [6.07, 6.45) is 6.01. The number of hydrogen-bond acceptors (Lipinski definition) is 5. The smallest absolute Gasteiger partial charge is 0.329 e. The number of rotatable bonds is 9. The third kappa shape index (κ3) is 5.97. The first-order chi connectivity index (χ1) is 16.5. The first-order valence-electron chi connectivity index (χ1n) is 11.8. The maximum absolute atomic E-state index is 13.2. The molecule has 1 aliphatic carbocycles. The van der Waals surface area contributed by atoms with Crippen LogP contribution in [0.25, 0.3) is 5.70 Å². The van der Waals surface area contributed by atoms with Gasteiger partial charge in [0, 0.05) is 24.5 Å². The van der Waals surface area contributed by atoms with Crippen LogP contribution in [0.15, 0.2) is 60.8 Å². The van der Waals surface area contributed by atoms with Crippen LogP contribution < -0.4 is 9.64 Å². The standard InChI is InChI=1S/C27H32N2O5/c1-33-24-9-5-8-23(14-24)29-17-26(30)28(16-25(29)22-6-3-2-4-7-22)15-20-10-12-21(13-11-20)18-34-19-27(31)32/h2-9,14,16,20-21H,10-13,15,17-19H2,1H3,(H,31,32). The fourth-order valence-electron chi connectivity index (χ4n) is 4.77. The molecular formula is C27H32N2O5. The van der Waals surface area contributed by atoms with Crippen LogP contribution in [0.3, 0.4) is 0 Å². The van der Waals surface area contributed by atoms with E-state index in [9.17, 15) is 9.59 Å². The first-order valence-corrected chi connectivity index (χ1v) is 11.8. The maximum Gasteiger partial charge on any atom is 0.329 e. The van der Waals surface area contributed by atoms with E-state index in [2.05, 4.69) is 12.1 Å². The number of anilines is 1. The van der Waals surface area contributed by atoms with Crippen molar-refractivity contribution in [2.75, 3.05) is 38.3 Å². The van der Waals surface area contributed by atoms with Crippen molar-refractivity contribution in [2.45, 2.75) is 25.7 Å². The van der Waals surface area contributed by atoms with Gasteiger partial charge in [-0.1, -0.05) is 36.4 Å². The van der Waals surface area contributed by atoms with E-state index in [1.165, 1.54) is 0 Å². The van der Waals surface area contributed by atoms with Gasteiger partial charge < -0.3 is 24.4 Å². The molecule has 0 atom stereocenters. The molecule has 0 unspecified atom stereocenters. The molecule has 34 heavy (non-hydrogen) atoms. The quantitative estimate of drug-likeness (QED) is 0.598. The number of aliphatic carboxylic acids is 1. The van der Waals surface area contributed by atoms with Crippen molar-refractivity contribution < 1.29 is 24.2 Å². The summed E-state index contributed by atoms with van der Waals surface area (Å²) in [6.45, 7) is 1.23. The van der Waals surface area contributed by atoms with Crippen molar-refractivity contribution >= 4 is 23.3 Å².